The second kappa shape index (κ2) is 26.5. The molecule has 1 aliphatic heterocycles. The van der Waals surface area contributed by atoms with E-state index in [1.807, 2.05) is 0 Å². The number of carbonyl (C=O) groups excluding carboxylic acids is 12. The molecule has 70 heavy (non-hydrogen) atoms. The van der Waals surface area contributed by atoms with Crippen molar-refractivity contribution >= 4 is 70.8 Å². The zero-order valence-electron chi connectivity index (χ0n) is 39.7. The molecule has 0 aromatic heterocycles. The zero-order chi connectivity index (χ0) is 52.5. The van der Waals surface area contributed by atoms with E-state index in [0.29, 0.717) is 18.4 Å². The SMILES string of the molecule is CC[C@H](C)[C@@H]1NC(=O)[C@H](Cc2ccc(O)cc2)NC(=O)CCC(=O)NC[C@@H](C(=O)C2CCC2(C)CCC(=O)N[C@H](C(=O)NCC(N)=O)[C@@H](C)O)NC(=O)[C@H](CC(N)=O)NC(=O)[C@H](CCC(N)=O)NC1=O. The van der Waals surface area contributed by atoms with E-state index >= 15 is 0 Å². The third-order valence-electron chi connectivity index (χ3n) is 12.5. The Morgan fingerprint density at radius 3 is 1.96 bits per heavy atom. The first kappa shape index (κ1) is 57.1. The summed E-state index contributed by atoms with van der Waals surface area (Å²) in [4.78, 5) is 158. The molecule has 25 heteroatoms. The second-order valence-corrected chi connectivity index (χ2v) is 18.1. The Morgan fingerprint density at radius 1 is 0.771 bits per heavy atom. The van der Waals surface area contributed by atoms with Crippen LogP contribution in [0.25, 0.3) is 0 Å². The number of phenols is 1. The number of rotatable bonds is 19. The van der Waals surface area contributed by atoms with Gasteiger partial charge in [0, 0.05) is 44.6 Å². The van der Waals surface area contributed by atoms with Crippen molar-refractivity contribution in [3.8, 4) is 5.75 Å². The van der Waals surface area contributed by atoms with Crippen LogP contribution in [0.3, 0.4) is 0 Å². The fourth-order valence-electron chi connectivity index (χ4n) is 7.97. The maximum atomic E-state index is 14.4. The Bertz CT molecular complexity index is 2140. The molecule has 2 aliphatic rings. The molecular formula is C45H67N11O14. The lowest BCUT2D eigenvalue weighted by atomic mass is 9.57. The average Bonchev–Trinajstić information content (AvgIpc) is 3.28. The van der Waals surface area contributed by atoms with Crippen LogP contribution in [-0.2, 0) is 64.0 Å². The smallest absolute Gasteiger partial charge is 0.245 e. The molecule has 11 amide bonds. The molecule has 1 saturated carbocycles. The van der Waals surface area contributed by atoms with Crippen molar-refractivity contribution in [3.05, 3.63) is 29.8 Å². The van der Waals surface area contributed by atoms with E-state index in [1.165, 1.54) is 31.2 Å². The van der Waals surface area contributed by atoms with Crippen LogP contribution in [0.4, 0.5) is 0 Å². The van der Waals surface area contributed by atoms with Gasteiger partial charge in [-0.3, -0.25) is 57.5 Å². The van der Waals surface area contributed by atoms with Gasteiger partial charge in [0.15, 0.2) is 5.78 Å². The zero-order valence-corrected chi connectivity index (χ0v) is 39.7. The molecule has 10 atom stereocenters. The molecule has 1 heterocycles. The van der Waals surface area contributed by atoms with Gasteiger partial charge in [-0.15, -0.1) is 0 Å². The minimum Gasteiger partial charge on any atom is -0.508 e. The van der Waals surface area contributed by atoms with Gasteiger partial charge in [-0.2, -0.15) is 0 Å². The molecule has 2 fully saturated rings. The van der Waals surface area contributed by atoms with Crippen LogP contribution in [0.2, 0.25) is 0 Å². The predicted molar refractivity (Wildman–Crippen MR) is 246 cm³/mol. The molecule has 2 unspecified atom stereocenters. The van der Waals surface area contributed by atoms with Gasteiger partial charge < -0.3 is 69.9 Å². The van der Waals surface area contributed by atoms with Crippen LogP contribution in [0.15, 0.2) is 24.3 Å². The van der Waals surface area contributed by atoms with Gasteiger partial charge in [-0.25, -0.2) is 0 Å². The molecule has 1 saturated heterocycles. The summed E-state index contributed by atoms with van der Waals surface area (Å²) in [7, 11) is 0. The Hall–Kier alpha value is -7.18. The van der Waals surface area contributed by atoms with Crippen molar-refractivity contribution < 1.29 is 67.7 Å². The number of primary amides is 3. The Balaban J connectivity index is 1.99. The minimum atomic E-state index is -1.79. The van der Waals surface area contributed by atoms with Crippen molar-refractivity contribution in [2.24, 2.45) is 34.5 Å². The topological polar surface area (TPSA) is 420 Å². The van der Waals surface area contributed by atoms with Crippen molar-refractivity contribution in [1.82, 2.24) is 42.5 Å². The van der Waals surface area contributed by atoms with Gasteiger partial charge >= 0.3 is 0 Å². The molecule has 25 nitrogen and oxygen atoms in total. The number of ketones is 1. The normalized spacial score (nSPS) is 25.3. The lowest BCUT2D eigenvalue weighted by Gasteiger charge is -2.47. The molecule has 16 N–H and O–H groups in total. The molecule has 0 spiro atoms. The van der Waals surface area contributed by atoms with Crippen molar-refractivity contribution in [2.45, 2.75) is 141 Å². The molecule has 1 aromatic rings. The summed E-state index contributed by atoms with van der Waals surface area (Å²) in [6.07, 6.45) is -3.29. The van der Waals surface area contributed by atoms with E-state index in [1.54, 1.807) is 20.8 Å². The van der Waals surface area contributed by atoms with Gasteiger partial charge in [-0.05, 0) is 61.6 Å². The number of amides is 11. The first-order valence-corrected chi connectivity index (χ1v) is 23.0. The Morgan fingerprint density at radius 2 is 1.39 bits per heavy atom. The van der Waals surface area contributed by atoms with Gasteiger partial charge in [0.2, 0.25) is 65.0 Å². The quantitative estimate of drug-likeness (QED) is 0.0624. The van der Waals surface area contributed by atoms with Crippen LogP contribution in [0, 0.1) is 17.3 Å². The second-order valence-electron chi connectivity index (χ2n) is 18.1. The summed E-state index contributed by atoms with van der Waals surface area (Å²) >= 11 is 0. The number of carbonyl (C=O) groups is 12. The number of aliphatic hydroxyl groups excluding tert-OH is 1. The maximum Gasteiger partial charge on any atom is 0.245 e. The number of hydrogen-bond donors (Lipinski definition) is 13. The highest BCUT2D eigenvalue weighted by molar-refractivity contribution is 5.99. The Labute approximate surface area is 404 Å². The van der Waals surface area contributed by atoms with Crippen molar-refractivity contribution in [1.29, 1.82) is 0 Å². The largest absolute Gasteiger partial charge is 0.508 e. The summed E-state index contributed by atoms with van der Waals surface area (Å²) < 4.78 is 0. The summed E-state index contributed by atoms with van der Waals surface area (Å²) in [5.74, 6) is -11.9. The van der Waals surface area contributed by atoms with Crippen LogP contribution in [0.5, 0.6) is 5.75 Å². The van der Waals surface area contributed by atoms with E-state index in [9.17, 15) is 67.7 Å². The lowest BCUT2D eigenvalue weighted by Crippen LogP contribution is -2.61. The third kappa shape index (κ3) is 17.7. The van der Waals surface area contributed by atoms with Gasteiger partial charge in [-0.1, -0.05) is 39.3 Å². The highest BCUT2D eigenvalue weighted by atomic mass is 16.3. The lowest BCUT2D eigenvalue weighted by molar-refractivity contribution is -0.140. The first-order chi connectivity index (χ1) is 32.8. The molecule has 386 valence electrons. The number of phenolic OH excluding ortho intramolecular Hbond substituents is 1. The van der Waals surface area contributed by atoms with Gasteiger partial charge in [0.05, 0.1) is 19.1 Å². The number of hydrogen-bond acceptors (Lipinski definition) is 14. The summed E-state index contributed by atoms with van der Waals surface area (Å²) in [6.45, 7) is 5.21. The predicted octanol–water partition coefficient (Wildman–Crippen LogP) is -4.31. The summed E-state index contributed by atoms with van der Waals surface area (Å²) in [5.41, 5.74) is 15.6. The molecule has 3 rings (SSSR count). The summed E-state index contributed by atoms with van der Waals surface area (Å²) in [6, 6.07) is -3.30. The number of benzene rings is 1. The molecule has 0 radical (unpaired) electrons. The number of aliphatic hydroxyl groups is 1. The maximum absolute atomic E-state index is 14.4. The van der Waals surface area contributed by atoms with Crippen LogP contribution < -0.4 is 59.7 Å². The number of nitrogens with one attached hydrogen (secondary N) is 8. The van der Waals surface area contributed by atoms with Crippen LogP contribution in [-0.4, -0.2) is 136 Å². The van der Waals surface area contributed by atoms with E-state index in [4.69, 9.17) is 17.2 Å². The molecular weight excluding hydrogens is 919 g/mol. The highest BCUT2D eigenvalue weighted by Gasteiger charge is 2.49. The van der Waals surface area contributed by atoms with Crippen molar-refractivity contribution in [2.75, 3.05) is 13.1 Å². The average molecular weight is 986 g/mol. The fourth-order valence-corrected chi connectivity index (χ4v) is 7.97. The molecule has 0 bridgehead atoms. The number of nitrogens with two attached hydrogens (primary N) is 3. The highest BCUT2D eigenvalue weighted by Crippen LogP contribution is 2.50. The molecule has 1 aromatic carbocycles. The van der Waals surface area contributed by atoms with Crippen molar-refractivity contribution in [3.63, 3.8) is 0 Å². The summed E-state index contributed by atoms with van der Waals surface area (Å²) in [5, 5.41) is 39.7. The third-order valence-corrected chi connectivity index (χ3v) is 12.5. The first-order valence-electron chi connectivity index (χ1n) is 23.0. The monoisotopic (exact) mass is 985 g/mol. The fraction of sp³-hybridized carbons (Fsp3) is 0.600. The van der Waals surface area contributed by atoms with Gasteiger partial charge in [0.1, 0.15) is 42.0 Å². The number of Topliss-reactive ketones (excluding diaryl/α,β-unsaturated/α-hetero) is 1. The molecule has 1 aliphatic carbocycles. The number of aromatic hydroxyl groups is 1. The van der Waals surface area contributed by atoms with E-state index < -0.39 is 176 Å². The standard InChI is InChI=1S/C45H67N11O14/c1-5-22(2)37-44(70)52-27(10-11-31(46)59)40(66)53-29(19-32(47)60)41(67)54-30(20-49-34(62)12-13-35(63)51-28(42(68)56-37)18-24-6-8-25(58)9-7-24)39(65)26-14-16-45(26,4)17-15-36(64)55-38(23(3)57)43(69)50-21-33(48)61/h6-9,22-23,26-30,37-38,57-58H,5,10-21H2,1-4H3,(H2,46,59)(H2,47,60)(H2,48,61)(H,49,62)(H,50,69)(H,51,63)(H,52,70)(H,53,66)(H,54,67)(H,55,64)(H,56,68)/t22-,23+,26?,27-,28-,29-,30-,37-,38-,45?/m0/s1. The van der Waals surface area contributed by atoms with E-state index in [2.05, 4.69) is 42.5 Å². The van der Waals surface area contributed by atoms with E-state index in [0.717, 1.165) is 0 Å². The Kier molecular flexibility index (Phi) is 21.7. The van der Waals surface area contributed by atoms with Crippen LogP contribution >= 0.6 is 0 Å². The van der Waals surface area contributed by atoms with E-state index in [-0.39, 0.29) is 31.4 Å². The van der Waals surface area contributed by atoms with Gasteiger partial charge in [0.25, 0.3) is 0 Å². The minimum absolute atomic E-state index is 0.0640. The van der Waals surface area contributed by atoms with Crippen LogP contribution in [0.1, 0.15) is 97.5 Å².